The molecule has 0 aromatic heterocycles. The lowest BCUT2D eigenvalue weighted by Crippen LogP contribution is -2.44. The fraction of sp³-hybridized carbons (Fsp3) is 0.462. The number of nitrogens with zero attached hydrogens (tertiary/aromatic N) is 2. The Morgan fingerprint density at radius 3 is 2.71 bits per heavy atom. The number of piperazine rings is 1. The van der Waals surface area contributed by atoms with Gasteiger partial charge in [-0.05, 0) is 18.1 Å². The van der Waals surface area contributed by atoms with E-state index in [2.05, 4.69) is 11.4 Å². The number of halogens is 1. The first-order chi connectivity index (χ1) is 8.27. The summed E-state index contributed by atoms with van der Waals surface area (Å²) in [5.41, 5.74) is 1.59. The molecule has 1 heterocycles. The average Bonchev–Trinajstić information content (AvgIpc) is 2.39. The van der Waals surface area contributed by atoms with Crippen LogP contribution in [-0.2, 0) is 6.42 Å². The predicted octanol–water partition coefficient (Wildman–Crippen LogP) is 1.67. The number of rotatable bonds is 2. The maximum absolute atomic E-state index is 14.3. The van der Waals surface area contributed by atoms with Gasteiger partial charge in [0.1, 0.15) is 6.07 Å². The van der Waals surface area contributed by atoms with Crippen LogP contribution in [0.1, 0.15) is 18.1 Å². The standard InChI is InChI=1S/C13H16FN3/c1-2-10-3-4-11(9-15)13(12(10)14)17-7-5-16-6-8-17/h3-4,16H,2,5-8H2,1H3. The molecule has 0 atom stereocenters. The lowest BCUT2D eigenvalue weighted by Gasteiger charge is -2.30. The van der Waals surface area contributed by atoms with Gasteiger partial charge in [-0.1, -0.05) is 13.0 Å². The van der Waals surface area contributed by atoms with E-state index in [9.17, 15) is 4.39 Å². The van der Waals surface area contributed by atoms with Crippen molar-refractivity contribution >= 4 is 5.69 Å². The van der Waals surface area contributed by atoms with Gasteiger partial charge >= 0.3 is 0 Å². The van der Waals surface area contributed by atoms with Gasteiger partial charge in [-0.2, -0.15) is 5.26 Å². The molecule has 0 amide bonds. The van der Waals surface area contributed by atoms with Gasteiger partial charge < -0.3 is 10.2 Å². The van der Waals surface area contributed by atoms with Crippen molar-refractivity contribution in [3.63, 3.8) is 0 Å². The highest BCUT2D eigenvalue weighted by molar-refractivity contribution is 5.62. The monoisotopic (exact) mass is 233 g/mol. The van der Waals surface area contributed by atoms with E-state index >= 15 is 0 Å². The van der Waals surface area contributed by atoms with Gasteiger partial charge in [0.2, 0.25) is 0 Å². The van der Waals surface area contributed by atoms with E-state index in [1.807, 2.05) is 11.8 Å². The van der Waals surface area contributed by atoms with E-state index in [1.54, 1.807) is 12.1 Å². The number of hydrogen-bond acceptors (Lipinski definition) is 3. The van der Waals surface area contributed by atoms with Crippen LogP contribution in [0.15, 0.2) is 12.1 Å². The smallest absolute Gasteiger partial charge is 0.151 e. The van der Waals surface area contributed by atoms with Crippen molar-refractivity contribution in [3.05, 3.63) is 29.1 Å². The zero-order chi connectivity index (χ0) is 12.3. The molecule has 1 aromatic rings. The van der Waals surface area contributed by atoms with Crippen molar-refractivity contribution in [1.29, 1.82) is 5.26 Å². The van der Waals surface area contributed by atoms with Crippen LogP contribution in [-0.4, -0.2) is 26.2 Å². The molecular formula is C13H16FN3. The molecule has 1 fully saturated rings. The molecule has 4 heteroatoms. The van der Waals surface area contributed by atoms with Gasteiger partial charge in [-0.15, -0.1) is 0 Å². The first-order valence-corrected chi connectivity index (χ1v) is 5.95. The number of nitriles is 1. The Hall–Kier alpha value is -1.60. The van der Waals surface area contributed by atoms with Crippen molar-refractivity contribution in [2.45, 2.75) is 13.3 Å². The number of benzene rings is 1. The molecule has 0 saturated carbocycles. The third kappa shape index (κ3) is 2.25. The molecule has 1 aromatic carbocycles. The van der Waals surface area contributed by atoms with Crippen LogP contribution in [0.4, 0.5) is 10.1 Å². The first-order valence-electron chi connectivity index (χ1n) is 5.95. The van der Waals surface area contributed by atoms with E-state index in [0.717, 1.165) is 26.2 Å². The van der Waals surface area contributed by atoms with E-state index in [4.69, 9.17) is 5.26 Å². The quantitative estimate of drug-likeness (QED) is 0.844. The summed E-state index contributed by atoms with van der Waals surface area (Å²) in [7, 11) is 0. The minimum atomic E-state index is -0.228. The van der Waals surface area contributed by atoms with E-state index in [1.165, 1.54) is 0 Å². The van der Waals surface area contributed by atoms with Crippen molar-refractivity contribution in [2.75, 3.05) is 31.1 Å². The SMILES string of the molecule is CCc1ccc(C#N)c(N2CCNCC2)c1F. The summed E-state index contributed by atoms with van der Waals surface area (Å²) in [5, 5.41) is 12.3. The molecule has 1 aliphatic heterocycles. The van der Waals surface area contributed by atoms with E-state index < -0.39 is 0 Å². The molecule has 17 heavy (non-hydrogen) atoms. The highest BCUT2D eigenvalue weighted by Gasteiger charge is 2.20. The maximum atomic E-state index is 14.3. The fourth-order valence-corrected chi connectivity index (χ4v) is 2.17. The van der Waals surface area contributed by atoms with Crippen molar-refractivity contribution in [3.8, 4) is 6.07 Å². The van der Waals surface area contributed by atoms with Crippen molar-refractivity contribution in [2.24, 2.45) is 0 Å². The number of anilines is 1. The highest BCUT2D eigenvalue weighted by atomic mass is 19.1. The third-order valence-electron chi connectivity index (χ3n) is 3.13. The van der Waals surface area contributed by atoms with Gasteiger partial charge in [-0.25, -0.2) is 4.39 Å². The molecule has 3 nitrogen and oxygen atoms in total. The summed E-state index contributed by atoms with van der Waals surface area (Å²) in [6.45, 7) is 5.09. The Kier molecular flexibility index (Phi) is 3.60. The van der Waals surface area contributed by atoms with Crippen molar-refractivity contribution < 1.29 is 4.39 Å². The summed E-state index contributed by atoms with van der Waals surface area (Å²) in [5.74, 6) is -0.228. The van der Waals surface area contributed by atoms with Gasteiger partial charge in [-0.3, -0.25) is 0 Å². The summed E-state index contributed by atoms with van der Waals surface area (Å²) >= 11 is 0. The van der Waals surface area contributed by atoms with Crippen LogP contribution >= 0.6 is 0 Å². The Labute approximate surface area is 101 Å². The largest absolute Gasteiger partial charge is 0.366 e. The molecule has 90 valence electrons. The second kappa shape index (κ2) is 5.15. The number of hydrogen-bond donors (Lipinski definition) is 1. The Bertz CT molecular complexity index is 445. The molecular weight excluding hydrogens is 217 g/mol. The second-order valence-electron chi connectivity index (χ2n) is 4.14. The topological polar surface area (TPSA) is 39.1 Å². The Morgan fingerprint density at radius 1 is 1.41 bits per heavy atom. The lowest BCUT2D eigenvalue weighted by molar-refractivity contribution is 0.561. The normalized spacial score (nSPS) is 15.7. The van der Waals surface area contributed by atoms with Crippen LogP contribution in [0.25, 0.3) is 0 Å². The predicted molar refractivity (Wildman–Crippen MR) is 65.6 cm³/mol. The van der Waals surface area contributed by atoms with Crippen LogP contribution < -0.4 is 10.2 Å². The number of aryl methyl sites for hydroxylation is 1. The summed E-state index contributed by atoms with van der Waals surface area (Å²) in [4.78, 5) is 1.96. The molecule has 0 radical (unpaired) electrons. The molecule has 0 unspecified atom stereocenters. The molecule has 0 bridgehead atoms. The summed E-state index contributed by atoms with van der Waals surface area (Å²) in [6, 6.07) is 5.51. The molecule has 1 N–H and O–H groups in total. The summed E-state index contributed by atoms with van der Waals surface area (Å²) in [6.07, 6.45) is 0.649. The molecule has 1 aliphatic rings. The van der Waals surface area contributed by atoms with Crippen LogP contribution in [0, 0.1) is 17.1 Å². The maximum Gasteiger partial charge on any atom is 0.151 e. The first kappa shape index (κ1) is 11.9. The summed E-state index contributed by atoms with van der Waals surface area (Å²) < 4.78 is 14.3. The van der Waals surface area contributed by atoms with Gasteiger partial charge in [0, 0.05) is 26.2 Å². The highest BCUT2D eigenvalue weighted by Crippen LogP contribution is 2.27. The zero-order valence-electron chi connectivity index (χ0n) is 9.96. The van der Waals surface area contributed by atoms with Crippen LogP contribution in [0.2, 0.25) is 0 Å². The molecule has 1 saturated heterocycles. The molecule has 0 spiro atoms. The second-order valence-corrected chi connectivity index (χ2v) is 4.14. The minimum Gasteiger partial charge on any atom is -0.366 e. The van der Waals surface area contributed by atoms with Gasteiger partial charge in [0.05, 0.1) is 11.3 Å². The lowest BCUT2D eigenvalue weighted by atomic mass is 10.1. The fourth-order valence-electron chi connectivity index (χ4n) is 2.17. The molecule has 2 rings (SSSR count). The Morgan fingerprint density at radius 2 is 2.12 bits per heavy atom. The van der Waals surface area contributed by atoms with Gasteiger partial charge in [0.25, 0.3) is 0 Å². The van der Waals surface area contributed by atoms with Crippen molar-refractivity contribution in [1.82, 2.24) is 5.32 Å². The molecule has 0 aliphatic carbocycles. The Balaban J connectivity index is 2.45. The zero-order valence-corrected chi connectivity index (χ0v) is 9.96. The van der Waals surface area contributed by atoms with Crippen LogP contribution in [0.3, 0.4) is 0 Å². The van der Waals surface area contributed by atoms with Crippen LogP contribution in [0.5, 0.6) is 0 Å². The van der Waals surface area contributed by atoms with Gasteiger partial charge in [0.15, 0.2) is 5.82 Å². The third-order valence-corrected chi connectivity index (χ3v) is 3.13. The minimum absolute atomic E-state index is 0.228. The number of nitrogens with one attached hydrogen (secondary N) is 1. The average molecular weight is 233 g/mol. The van der Waals surface area contributed by atoms with E-state index in [-0.39, 0.29) is 5.82 Å². The van der Waals surface area contributed by atoms with E-state index in [0.29, 0.717) is 23.2 Å².